The molecule has 2 aromatic rings. The Labute approximate surface area is 194 Å². The Bertz CT molecular complexity index is 830. The highest BCUT2D eigenvalue weighted by atomic mass is 16.2. The van der Waals surface area contributed by atoms with Gasteiger partial charge in [0.05, 0.1) is 0 Å². The van der Waals surface area contributed by atoms with Crippen molar-refractivity contribution >= 4 is 11.6 Å². The van der Waals surface area contributed by atoms with Gasteiger partial charge in [0.2, 0.25) is 5.91 Å². The highest BCUT2D eigenvalue weighted by molar-refractivity contribution is 5.76. The first-order valence-electron chi connectivity index (χ1n) is 12.9. The van der Waals surface area contributed by atoms with Gasteiger partial charge in [-0.25, -0.2) is 0 Å². The summed E-state index contributed by atoms with van der Waals surface area (Å²) in [6.45, 7) is 3.64. The van der Waals surface area contributed by atoms with Crippen molar-refractivity contribution in [3.8, 4) is 0 Å². The molecular formula is C29H40N2O. The summed E-state index contributed by atoms with van der Waals surface area (Å²) in [5.41, 5.74) is 3.94. The molecule has 1 amide bonds. The third-order valence-corrected chi connectivity index (χ3v) is 7.36. The Kier molecular flexibility index (Phi) is 8.64. The molecule has 0 atom stereocenters. The molecule has 4 rings (SSSR count). The van der Waals surface area contributed by atoms with Crippen LogP contribution < -0.4 is 4.90 Å². The summed E-state index contributed by atoms with van der Waals surface area (Å²) >= 11 is 0. The van der Waals surface area contributed by atoms with E-state index in [1.807, 2.05) is 0 Å². The molecule has 1 heterocycles. The third kappa shape index (κ3) is 6.60. The molecule has 1 aliphatic heterocycles. The Morgan fingerprint density at radius 1 is 0.781 bits per heavy atom. The number of hydrogen-bond acceptors (Lipinski definition) is 2. The van der Waals surface area contributed by atoms with E-state index in [2.05, 4.69) is 64.4 Å². The summed E-state index contributed by atoms with van der Waals surface area (Å²) in [6, 6.07) is 19.6. The van der Waals surface area contributed by atoms with Crippen molar-refractivity contribution in [2.75, 3.05) is 18.0 Å². The van der Waals surface area contributed by atoms with Gasteiger partial charge < -0.3 is 9.80 Å². The molecule has 0 N–H and O–H groups in total. The van der Waals surface area contributed by atoms with E-state index in [0.717, 1.165) is 51.4 Å². The SMILES string of the molecule is O=C(CCC1CCC1)N1CCCCCCCCN(Cc2ccccc2)c2ccccc2C1. The van der Waals surface area contributed by atoms with E-state index >= 15 is 0 Å². The van der Waals surface area contributed by atoms with E-state index in [0.29, 0.717) is 5.91 Å². The molecule has 3 nitrogen and oxygen atoms in total. The fourth-order valence-electron chi connectivity index (χ4n) is 5.12. The van der Waals surface area contributed by atoms with Crippen LogP contribution in [0.25, 0.3) is 0 Å². The minimum Gasteiger partial charge on any atom is -0.367 e. The summed E-state index contributed by atoms with van der Waals surface area (Å²) in [5, 5.41) is 0. The Morgan fingerprint density at radius 2 is 1.47 bits per heavy atom. The van der Waals surface area contributed by atoms with E-state index in [9.17, 15) is 4.79 Å². The first-order chi connectivity index (χ1) is 15.8. The van der Waals surface area contributed by atoms with Gasteiger partial charge >= 0.3 is 0 Å². The van der Waals surface area contributed by atoms with Crippen molar-refractivity contribution in [3.63, 3.8) is 0 Å². The number of anilines is 1. The molecule has 3 heteroatoms. The van der Waals surface area contributed by atoms with Crippen LogP contribution in [0.1, 0.15) is 81.8 Å². The van der Waals surface area contributed by atoms with E-state index in [1.54, 1.807) is 0 Å². The van der Waals surface area contributed by atoms with Crippen molar-refractivity contribution in [1.82, 2.24) is 4.90 Å². The van der Waals surface area contributed by atoms with Crippen molar-refractivity contribution in [1.29, 1.82) is 0 Å². The lowest BCUT2D eigenvalue weighted by Gasteiger charge is -2.30. The lowest BCUT2D eigenvalue weighted by Crippen LogP contribution is -2.33. The molecule has 2 aromatic carbocycles. The number of carbonyl (C=O) groups excluding carboxylic acids is 1. The monoisotopic (exact) mass is 432 g/mol. The number of fused-ring (bicyclic) bond motifs is 1. The van der Waals surface area contributed by atoms with Crippen LogP contribution in [0, 0.1) is 5.92 Å². The zero-order valence-electron chi connectivity index (χ0n) is 19.7. The molecular weight excluding hydrogens is 392 g/mol. The van der Waals surface area contributed by atoms with Crippen LogP contribution in [0.5, 0.6) is 0 Å². The molecule has 1 saturated carbocycles. The van der Waals surface area contributed by atoms with Crippen molar-refractivity contribution in [3.05, 3.63) is 65.7 Å². The van der Waals surface area contributed by atoms with Crippen LogP contribution in [0.3, 0.4) is 0 Å². The molecule has 0 aromatic heterocycles. The van der Waals surface area contributed by atoms with E-state index in [4.69, 9.17) is 0 Å². The van der Waals surface area contributed by atoms with Crippen LogP contribution in [0.2, 0.25) is 0 Å². The molecule has 0 bridgehead atoms. The van der Waals surface area contributed by atoms with Crippen molar-refractivity contribution < 1.29 is 4.79 Å². The molecule has 0 radical (unpaired) electrons. The Morgan fingerprint density at radius 3 is 2.22 bits per heavy atom. The van der Waals surface area contributed by atoms with Gasteiger partial charge in [-0.15, -0.1) is 0 Å². The van der Waals surface area contributed by atoms with Crippen LogP contribution in [-0.4, -0.2) is 23.9 Å². The second kappa shape index (κ2) is 12.1. The summed E-state index contributed by atoms with van der Waals surface area (Å²) < 4.78 is 0. The van der Waals surface area contributed by atoms with Gasteiger partial charge in [0.1, 0.15) is 0 Å². The maximum atomic E-state index is 13.2. The van der Waals surface area contributed by atoms with Gasteiger partial charge in [-0.2, -0.15) is 0 Å². The Balaban J connectivity index is 1.53. The smallest absolute Gasteiger partial charge is 0.222 e. The van der Waals surface area contributed by atoms with Gasteiger partial charge in [-0.05, 0) is 42.4 Å². The number of carbonyl (C=O) groups is 1. The van der Waals surface area contributed by atoms with Crippen LogP contribution in [-0.2, 0) is 17.9 Å². The second-order valence-electron chi connectivity index (χ2n) is 9.81. The predicted molar refractivity (Wildman–Crippen MR) is 134 cm³/mol. The highest BCUT2D eigenvalue weighted by Gasteiger charge is 2.22. The summed E-state index contributed by atoms with van der Waals surface area (Å²) in [4.78, 5) is 17.9. The quantitative estimate of drug-likeness (QED) is 0.510. The first kappa shape index (κ1) is 22.9. The average Bonchev–Trinajstić information content (AvgIpc) is 2.80. The molecule has 2 aliphatic rings. The average molecular weight is 433 g/mol. The molecule has 0 spiro atoms. The number of amides is 1. The van der Waals surface area contributed by atoms with Gasteiger partial charge in [0.25, 0.3) is 0 Å². The molecule has 0 saturated heterocycles. The standard InChI is InChI=1S/C29H40N2O/c32-29(20-19-25-15-12-16-25)31-22-11-4-2-1-3-10-21-30(23-26-13-6-5-7-14-26)28-18-9-8-17-27(28)24-31/h5-9,13-14,17-18,25H,1-4,10-12,15-16,19-24H2. The van der Waals surface area contributed by atoms with Gasteiger partial charge in [-0.1, -0.05) is 93.5 Å². The van der Waals surface area contributed by atoms with Gasteiger partial charge in [0.15, 0.2) is 0 Å². The lowest BCUT2D eigenvalue weighted by atomic mass is 9.82. The number of para-hydroxylation sites is 1. The van der Waals surface area contributed by atoms with Crippen LogP contribution >= 0.6 is 0 Å². The predicted octanol–water partition coefficient (Wildman–Crippen LogP) is 6.96. The van der Waals surface area contributed by atoms with E-state index in [1.165, 1.54) is 68.2 Å². The van der Waals surface area contributed by atoms with E-state index < -0.39 is 0 Å². The largest absolute Gasteiger partial charge is 0.367 e. The summed E-state index contributed by atoms with van der Waals surface area (Å²) in [5.74, 6) is 1.15. The highest BCUT2D eigenvalue weighted by Crippen LogP contribution is 2.31. The fraction of sp³-hybridized carbons (Fsp3) is 0.552. The molecule has 172 valence electrons. The molecule has 1 aliphatic carbocycles. The summed E-state index contributed by atoms with van der Waals surface area (Å²) in [7, 11) is 0. The van der Waals surface area contributed by atoms with Gasteiger partial charge in [0, 0.05) is 38.3 Å². The van der Waals surface area contributed by atoms with E-state index in [-0.39, 0.29) is 0 Å². The topological polar surface area (TPSA) is 23.6 Å². The maximum absolute atomic E-state index is 13.2. The minimum absolute atomic E-state index is 0.358. The number of nitrogens with zero attached hydrogens (tertiary/aromatic N) is 2. The second-order valence-corrected chi connectivity index (χ2v) is 9.81. The van der Waals surface area contributed by atoms with Gasteiger partial charge in [-0.3, -0.25) is 4.79 Å². The van der Waals surface area contributed by atoms with Crippen LogP contribution in [0.15, 0.2) is 54.6 Å². The normalized spacial score (nSPS) is 18.6. The maximum Gasteiger partial charge on any atom is 0.222 e. The number of rotatable bonds is 5. The summed E-state index contributed by atoms with van der Waals surface area (Å²) in [6.07, 6.45) is 13.3. The van der Waals surface area contributed by atoms with Crippen LogP contribution in [0.4, 0.5) is 5.69 Å². The number of hydrogen-bond donors (Lipinski definition) is 0. The Hall–Kier alpha value is -2.29. The minimum atomic E-state index is 0.358. The molecule has 1 fully saturated rings. The lowest BCUT2D eigenvalue weighted by molar-refractivity contribution is -0.132. The fourth-order valence-corrected chi connectivity index (χ4v) is 5.12. The third-order valence-electron chi connectivity index (χ3n) is 7.36. The zero-order chi connectivity index (χ0) is 22.0. The zero-order valence-corrected chi connectivity index (χ0v) is 19.7. The number of benzene rings is 2. The molecule has 0 unspecified atom stereocenters. The van der Waals surface area contributed by atoms with Crippen molar-refractivity contribution in [2.45, 2.75) is 83.7 Å². The molecule has 32 heavy (non-hydrogen) atoms. The van der Waals surface area contributed by atoms with Crippen molar-refractivity contribution in [2.24, 2.45) is 5.92 Å². The first-order valence-corrected chi connectivity index (χ1v) is 12.9.